The largest absolute Gasteiger partial charge is 0.472 e. The molecule has 1 rings (SSSR count). The predicted octanol–water partition coefficient (Wildman–Crippen LogP) is -2.71. The molecule has 0 aromatic carbocycles. The van der Waals surface area contributed by atoms with Gasteiger partial charge in [0, 0.05) is 7.11 Å². The number of rotatable bonds is 10. The van der Waals surface area contributed by atoms with Gasteiger partial charge in [-0.3, -0.25) is 4.52 Å². The Balaban J connectivity index is 2.60. The number of amides is 1. The van der Waals surface area contributed by atoms with Crippen molar-refractivity contribution < 1.29 is 57.9 Å². The smallest absolute Gasteiger partial charge is 0.447 e. The maximum atomic E-state index is 11.8. The molecule has 5 atom stereocenters. The molecule has 0 radical (unpaired) electrons. The van der Waals surface area contributed by atoms with E-state index in [9.17, 15) is 19.6 Å². The van der Waals surface area contributed by atoms with E-state index < -0.39 is 51.2 Å². The van der Waals surface area contributed by atoms with Crippen molar-refractivity contribution >= 4 is 13.9 Å². The van der Waals surface area contributed by atoms with Crippen LogP contribution in [0.2, 0.25) is 0 Å². The van der Waals surface area contributed by atoms with Gasteiger partial charge in [-0.25, -0.2) is 9.36 Å². The Morgan fingerprint density at radius 1 is 1.15 bits per heavy atom. The van der Waals surface area contributed by atoms with Gasteiger partial charge in [0.15, 0.2) is 6.29 Å². The van der Waals surface area contributed by atoms with Crippen LogP contribution in [0.4, 0.5) is 4.79 Å². The Bertz CT molecular complexity index is 473. The lowest BCUT2D eigenvalue weighted by atomic mass is 9.97. The summed E-state index contributed by atoms with van der Waals surface area (Å²) >= 11 is 0. The van der Waals surface area contributed by atoms with Crippen molar-refractivity contribution in [3.05, 3.63) is 0 Å². The standard InChI is InChI=1S/C12H24NO12P/c1-21-2-3-22-4-5-23-12(17)13-8-10(16)9(15)7(6-14)24-11(8)25-26(18,19)20/h7-11,14-16H,2-6H2,1H3,(H,13,17)(H2,18,19,20)/t7?,8-,9-,10?,11+/m0/s1. The summed E-state index contributed by atoms with van der Waals surface area (Å²) in [6.07, 6.45) is -7.66. The molecular formula is C12H24NO12P. The predicted molar refractivity (Wildman–Crippen MR) is 81.9 cm³/mol. The van der Waals surface area contributed by atoms with Crippen LogP contribution in [0.15, 0.2) is 0 Å². The molecule has 13 nitrogen and oxygen atoms in total. The van der Waals surface area contributed by atoms with E-state index in [1.807, 2.05) is 0 Å². The molecule has 1 amide bonds. The van der Waals surface area contributed by atoms with Gasteiger partial charge in [-0.2, -0.15) is 0 Å². The van der Waals surface area contributed by atoms with Gasteiger partial charge in [0.25, 0.3) is 0 Å². The Morgan fingerprint density at radius 3 is 2.38 bits per heavy atom. The van der Waals surface area contributed by atoms with Gasteiger partial charge in [0.1, 0.15) is 31.0 Å². The van der Waals surface area contributed by atoms with Crippen molar-refractivity contribution in [3.8, 4) is 0 Å². The van der Waals surface area contributed by atoms with Crippen LogP contribution in [-0.4, -0.2) is 102 Å². The first-order valence-corrected chi connectivity index (χ1v) is 9.09. The lowest BCUT2D eigenvalue weighted by Crippen LogP contribution is -2.64. The number of hydrogen-bond acceptors (Lipinski definition) is 10. The minimum atomic E-state index is -5.06. The first-order valence-electron chi connectivity index (χ1n) is 7.56. The fourth-order valence-electron chi connectivity index (χ4n) is 2.08. The van der Waals surface area contributed by atoms with Crippen molar-refractivity contribution in [2.75, 3.05) is 40.1 Å². The van der Waals surface area contributed by atoms with Gasteiger partial charge in [-0.15, -0.1) is 0 Å². The Hall–Kier alpha value is -0.860. The van der Waals surface area contributed by atoms with Crippen LogP contribution in [0.5, 0.6) is 0 Å². The minimum absolute atomic E-state index is 0.0676. The molecular weight excluding hydrogens is 381 g/mol. The molecule has 0 aromatic heterocycles. The highest BCUT2D eigenvalue weighted by molar-refractivity contribution is 7.46. The summed E-state index contributed by atoms with van der Waals surface area (Å²) in [7, 11) is -3.56. The third-order valence-corrected chi connectivity index (χ3v) is 3.78. The van der Waals surface area contributed by atoms with Crippen LogP contribution in [0.1, 0.15) is 0 Å². The number of carbonyl (C=O) groups is 1. The zero-order valence-electron chi connectivity index (χ0n) is 14.0. The zero-order valence-corrected chi connectivity index (χ0v) is 14.9. The fraction of sp³-hybridized carbons (Fsp3) is 0.917. The van der Waals surface area contributed by atoms with E-state index in [1.54, 1.807) is 0 Å². The maximum absolute atomic E-state index is 11.8. The van der Waals surface area contributed by atoms with Crippen LogP contribution in [0.3, 0.4) is 0 Å². The summed E-state index contributed by atoms with van der Waals surface area (Å²) in [5, 5.41) is 31.0. The van der Waals surface area contributed by atoms with Crippen molar-refractivity contribution in [1.82, 2.24) is 5.32 Å². The number of aliphatic hydroxyl groups excluding tert-OH is 3. The average Bonchev–Trinajstić information content (AvgIpc) is 2.56. The molecule has 26 heavy (non-hydrogen) atoms. The fourth-order valence-corrected chi connectivity index (χ4v) is 2.53. The van der Waals surface area contributed by atoms with Crippen molar-refractivity contribution in [3.63, 3.8) is 0 Å². The molecule has 0 bridgehead atoms. The average molecular weight is 405 g/mol. The highest BCUT2D eigenvalue weighted by Crippen LogP contribution is 2.40. The number of methoxy groups -OCH3 is 1. The number of phosphoric ester groups is 1. The van der Waals surface area contributed by atoms with Crippen molar-refractivity contribution in [2.45, 2.75) is 30.6 Å². The van der Waals surface area contributed by atoms with E-state index in [2.05, 4.69) is 9.84 Å². The number of aliphatic hydroxyl groups is 3. The Morgan fingerprint density at radius 2 is 1.81 bits per heavy atom. The summed E-state index contributed by atoms with van der Waals surface area (Å²) in [6, 6.07) is -1.57. The number of hydrogen-bond donors (Lipinski definition) is 6. The minimum Gasteiger partial charge on any atom is -0.447 e. The van der Waals surface area contributed by atoms with Gasteiger partial charge in [0.05, 0.1) is 26.4 Å². The van der Waals surface area contributed by atoms with Crippen LogP contribution in [0.25, 0.3) is 0 Å². The lowest BCUT2D eigenvalue weighted by molar-refractivity contribution is -0.247. The number of nitrogens with one attached hydrogen (secondary N) is 1. The summed E-state index contributed by atoms with van der Waals surface area (Å²) in [6.45, 7) is -0.175. The Labute approximate surface area is 149 Å². The van der Waals surface area contributed by atoms with Crippen LogP contribution in [-0.2, 0) is 28.0 Å². The van der Waals surface area contributed by atoms with E-state index in [1.165, 1.54) is 7.11 Å². The number of carbonyl (C=O) groups excluding carboxylic acids is 1. The molecule has 1 aliphatic heterocycles. The molecule has 0 aromatic rings. The van der Waals surface area contributed by atoms with E-state index >= 15 is 0 Å². The topological polar surface area (TPSA) is 193 Å². The third kappa shape index (κ3) is 7.80. The van der Waals surface area contributed by atoms with Crippen molar-refractivity contribution in [1.29, 1.82) is 0 Å². The summed E-state index contributed by atoms with van der Waals surface area (Å²) in [5.41, 5.74) is 0. The molecule has 0 aliphatic carbocycles. The van der Waals surface area contributed by atoms with Gasteiger partial charge < -0.3 is 49.4 Å². The van der Waals surface area contributed by atoms with Gasteiger partial charge in [-0.1, -0.05) is 0 Å². The normalized spacial score (nSPS) is 29.4. The number of ether oxygens (including phenoxy) is 4. The molecule has 154 valence electrons. The Kier molecular flexibility index (Phi) is 9.89. The van der Waals surface area contributed by atoms with E-state index in [4.69, 9.17) is 33.8 Å². The maximum Gasteiger partial charge on any atom is 0.472 e. The second-order valence-corrected chi connectivity index (χ2v) is 6.41. The molecule has 6 N–H and O–H groups in total. The SMILES string of the molecule is COCCOCCOC(=O)N[C@H]1C(O)[C@@H](O)C(CO)O[C@@H]1OP(=O)(O)O. The first-order chi connectivity index (χ1) is 12.2. The van der Waals surface area contributed by atoms with Gasteiger partial charge in [-0.05, 0) is 0 Å². The number of alkyl carbamates (subject to hydrolysis) is 1. The van der Waals surface area contributed by atoms with E-state index in [0.717, 1.165) is 0 Å². The highest BCUT2D eigenvalue weighted by Gasteiger charge is 2.47. The van der Waals surface area contributed by atoms with Gasteiger partial charge in [0.2, 0.25) is 0 Å². The zero-order chi connectivity index (χ0) is 19.7. The summed E-state index contributed by atoms with van der Waals surface area (Å²) in [5.74, 6) is 0. The van der Waals surface area contributed by atoms with E-state index in [0.29, 0.717) is 13.2 Å². The molecule has 1 aliphatic rings. The second-order valence-electron chi connectivity index (χ2n) is 5.21. The molecule has 1 fully saturated rings. The van der Waals surface area contributed by atoms with Crippen LogP contribution in [0, 0.1) is 0 Å². The van der Waals surface area contributed by atoms with Crippen molar-refractivity contribution in [2.24, 2.45) is 0 Å². The number of phosphoric acid groups is 1. The monoisotopic (exact) mass is 405 g/mol. The quantitative estimate of drug-likeness (QED) is 0.163. The molecule has 14 heteroatoms. The first kappa shape index (κ1) is 23.2. The van der Waals surface area contributed by atoms with Gasteiger partial charge >= 0.3 is 13.9 Å². The third-order valence-electron chi connectivity index (χ3n) is 3.30. The summed E-state index contributed by atoms with van der Waals surface area (Å²) in [4.78, 5) is 29.6. The van der Waals surface area contributed by atoms with E-state index in [-0.39, 0.29) is 13.2 Å². The molecule has 0 spiro atoms. The molecule has 1 saturated heterocycles. The second kappa shape index (κ2) is 11.1. The summed E-state index contributed by atoms with van der Waals surface area (Å²) < 4.78 is 35.0. The highest BCUT2D eigenvalue weighted by atomic mass is 31.2. The van der Waals surface area contributed by atoms with Crippen LogP contribution < -0.4 is 5.32 Å². The molecule has 1 heterocycles. The molecule has 2 unspecified atom stereocenters. The molecule has 0 saturated carbocycles. The van der Waals surface area contributed by atoms with Crippen LogP contribution >= 0.6 is 7.82 Å². The lowest BCUT2D eigenvalue weighted by Gasteiger charge is -2.41.